The van der Waals surface area contributed by atoms with Gasteiger partial charge in [0.15, 0.2) is 11.4 Å². The molecule has 152 valence electrons. The van der Waals surface area contributed by atoms with Gasteiger partial charge >= 0.3 is 0 Å². The van der Waals surface area contributed by atoms with Crippen LogP contribution >= 0.6 is 15.9 Å². The number of para-hydroxylation sites is 1. The average molecular weight is 467 g/mol. The molecule has 4 aromatic rings. The predicted molar refractivity (Wildman–Crippen MR) is 119 cm³/mol. The van der Waals surface area contributed by atoms with Gasteiger partial charge in [-0.3, -0.25) is 4.79 Å². The second-order valence-electron chi connectivity index (χ2n) is 7.18. The summed E-state index contributed by atoms with van der Waals surface area (Å²) in [6.07, 6.45) is 0. The lowest BCUT2D eigenvalue weighted by atomic mass is 10.2. The fraction of sp³-hybridized carbons (Fsp3) is 0.227. The molecule has 3 heterocycles. The quantitative estimate of drug-likeness (QED) is 0.477. The Bertz CT molecular complexity index is 1260. The molecule has 0 radical (unpaired) electrons. The van der Waals surface area contributed by atoms with E-state index in [4.69, 9.17) is 9.15 Å². The maximum absolute atomic E-state index is 13.1. The minimum absolute atomic E-state index is 0.100. The van der Waals surface area contributed by atoms with Crippen LogP contribution in [0.3, 0.4) is 0 Å². The van der Waals surface area contributed by atoms with E-state index in [2.05, 4.69) is 36.1 Å². The highest BCUT2D eigenvalue weighted by Gasteiger charge is 2.24. The summed E-state index contributed by atoms with van der Waals surface area (Å²) in [5.74, 6) is 0.344. The maximum Gasteiger partial charge on any atom is 0.293 e. The topological polar surface area (TPSA) is 80.5 Å². The van der Waals surface area contributed by atoms with Gasteiger partial charge in [-0.1, -0.05) is 18.2 Å². The molecular weight excluding hydrogens is 448 g/mol. The van der Waals surface area contributed by atoms with Gasteiger partial charge in [0, 0.05) is 22.9 Å². The number of benzene rings is 2. The van der Waals surface area contributed by atoms with Gasteiger partial charge in [0.05, 0.1) is 18.9 Å². The Kier molecular flexibility index (Phi) is 4.88. The van der Waals surface area contributed by atoms with Crippen LogP contribution in [0.4, 0.5) is 11.5 Å². The van der Waals surface area contributed by atoms with Crippen molar-refractivity contribution < 1.29 is 13.9 Å². The number of furan rings is 1. The van der Waals surface area contributed by atoms with Crippen LogP contribution in [0.15, 0.2) is 51.4 Å². The summed E-state index contributed by atoms with van der Waals surface area (Å²) in [7, 11) is 0. The molecule has 5 rings (SSSR count). The normalized spacial score (nSPS) is 14.4. The molecular formula is C22H19BrN4O3. The SMILES string of the molecule is Cc1ccc(NC(=O)c2nc(N3CCOCC3)c3oc4ccccc4c3n2)c(Br)c1. The molecule has 8 heteroatoms. The molecule has 1 N–H and O–H groups in total. The van der Waals surface area contributed by atoms with Gasteiger partial charge in [-0.2, -0.15) is 0 Å². The summed E-state index contributed by atoms with van der Waals surface area (Å²) in [5.41, 5.74) is 3.70. The van der Waals surface area contributed by atoms with Crippen LogP contribution in [-0.4, -0.2) is 42.2 Å². The van der Waals surface area contributed by atoms with Gasteiger partial charge in [0.25, 0.3) is 5.91 Å². The van der Waals surface area contributed by atoms with E-state index in [1.807, 2.05) is 49.4 Å². The second kappa shape index (κ2) is 7.70. The number of ether oxygens (including phenoxy) is 1. The molecule has 2 aromatic carbocycles. The minimum atomic E-state index is -0.374. The summed E-state index contributed by atoms with van der Waals surface area (Å²) < 4.78 is 12.4. The monoisotopic (exact) mass is 466 g/mol. The Morgan fingerprint density at radius 1 is 1.13 bits per heavy atom. The number of nitrogens with zero attached hydrogens (tertiary/aromatic N) is 3. The standard InChI is InChI=1S/C22H19BrN4O3/c1-13-6-7-16(15(23)12-13)24-22(28)20-25-18-14-4-2-3-5-17(14)30-19(18)21(26-20)27-8-10-29-11-9-27/h2-7,12H,8-11H2,1H3,(H,24,28). The van der Waals surface area contributed by atoms with Gasteiger partial charge in [0.2, 0.25) is 5.82 Å². The number of carbonyl (C=O) groups excluding carboxylic acids is 1. The van der Waals surface area contributed by atoms with Crippen molar-refractivity contribution in [1.82, 2.24) is 9.97 Å². The number of hydrogen-bond donors (Lipinski definition) is 1. The first-order valence-electron chi connectivity index (χ1n) is 9.69. The fourth-order valence-electron chi connectivity index (χ4n) is 3.57. The zero-order chi connectivity index (χ0) is 20.7. The van der Waals surface area contributed by atoms with E-state index in [-0.39, 0.29) is 11.7 Å². The van der Waals surface area contributed by atoms with Crippen molar-refractivity contribution in [1.29, 1.82) is 0 Å². The molecule has 1 aliphatic heterocycles. The van der Waals surface area contributed by atoms with Gasteiger partial charge in [-0.15, -0.1) is 0 Å². The Morgan fingerprint density at radius 3 is 2.73 bits per heavy atom. The van der Waals surface area contributed by atoms with Crippen LogP contribution in [0.25, 0.3) is 22.1 Å². The first-order valence-corrected chi connectivity index (χ1v) is 10.5. The van der Waals surface area contributed by atoms with Gasteiger partial charge in [-0.25, -0.2) is 9.97 Å². The third kappa shape index (κ3) is 3.42. The zero-order valence-corrected chi connectivity index (χ0v) is 17.9. The fourth-order valence-corrected chi connectivity index (χ4v) is 4.16. The molecule has 0 bridgehead atoms. The van der Waals surface area contributed by atoms with Crippen LogP contribution < -0.4 is 10.2 Å². The highest BCUT2D eigenvalue weighted by atomic mass is 79.9. The third-order valence-electron chi connectivity index (χ3n) is 5.09. The molecule has 7 nitrogen and oxygen atoms in total. The first kappa shape index (κ1) is 19.0. The Labute approximate surface area is 181 Å². The van der Waals surface area contributed by atoms with Gasteiger partial charge < -0.3 is 19.4 Å². The Morgan fingerprint density at radius 2 is 1.93 bits per heavy atom. The largest absolute Gasteiger partial charge is 0.450 e. The van der Waals surface area contributed by atoms with Crippen molar-refractivity contribution in [2.24, 2.45) is 0 Å². The number of hydrogen-bond acceptors (Lipinski definition) is 6. The summed E-state index contributed by atoms with van der Waals surface area (Å²) in [6.45, 7) is 4.54. The van der Waals surface area contributed by atoms with Crippen molar-refractivity contribution in [2.45, 2.75) is 6.92 Å². The second-order valence-corrected chi connectivity index (χ2v) is 8.04. The Hall–Kier alpha value is -2.97. The smallest absolute Gasteiger partial charge is 0.293 e. The van der Waals surface area contributed by atoms with E-state index in [9.17, 15) is 4.79 Å². The molecule has 0 unspecified atom stereocenters. The van der Waals surface area contributed by atoms with Crippen LogP contribution in [0.2, 0.25) is 0 Å². The Balaban J connectivity index is 1.62. The molecule has 2 aromatic heterocycles. The van der Waals surface area contributed by atoms with Crippen molar-refractivity contribution in [3.8, 4) is 0 Å². The number of aryl methyl sites for hydroxylation is 1. The lowest BCUT2D eigenvalue weighted by Crippen LogP contribution is -2.37. The lowest BCUT2D eigenvalue weighted by molar-refractivity contribution is 0.101. The first-order chi connectivity index (χ1) is 14.6. The molecule has 1 aliphatic rings. The van der Waals surface area contributed by atoms with E-state index in [1.165, 1.54) is 0 Å². The van der Waals surface area contributed by atoms with Crippen molar-refractivity contribution in [2.75, 3.05) is 36.5 Å². The van der Waals surface area contributed by atoms with E-state index >= 15 is 0 Å². The number of anilines is 2. The number of halogens is 1. The number of rotatable bonds is 3. The lowest BCUT2D eigenvalue weighted by Gasteiger charge is -2.27. The van der Waals surface area contributed by atoms with E-state index in [0.717, 1.165) is 21.0 Å². The predicted octanol–water partition coefficient (Wildman–Crippen LogP) is 4.54. The highest BCUT2D eigenvalue weighted by Crippen LogP contribution is 2.33. The molecule has 30 heavy (non-hydrogen) atoms. The van der Waals surface area contributed by atoms with Crippen molar-refractivity contribution in [3.05, 3.63) is 58.3 Å². The molecule has 0 saturated carbocycles. The molecule has 0 spiro atoms. The van der Waals surface area contributed by atoms with E-state index < -0.39 is 0 Å². The van der Waals surface area contributed by atoms with E-state index in [0.29, 0.717) is 48.9 Å². The van der Waals surface area contributed by atoms with Crippen molar-refractivity contribution >= 4 is 55.4 Å². The van der Waals surface area contributed by atoms with Crippen molar-refractivity contribution in [3.63, 3.8) is 0 Å². The third-order valence-corrected chi connectivity index (χ3v) is 5.74. The number of aromatic nitrogens is 2. The minimum Gasteiger partial charge on any atom is -0.450 e. The van der Waals surface area contributed by atoms with Crippen LogP contribution in [0.1, 0.15) is 16.2 Å². The highest BCUT2D eigenvalue weighted by molar-refractivity contribution is 9.10. The maximum atomic E-state index is 13.1. The molecule has 1 saturated heterocycles. The number of carbonyl (C=O) groups is 1. The zero-order valence-electron chi connectivity index (χ0n) is 16.3. The number of fused-ring (bicyclic) bond motifs is 3. The summed E-state index contributed by atoms with van der Waals surface area (Å²) in [5, 5.41) is 3.76. The molecule has 0 aliphatic carbocycles. The average Bonchev–Trinajstić information content (AvgIpc) is 3.14. The molecule has 0 atom stereocenters. The van der Waals surface area contributed by atoms with Gasteiger partial charge in [0.1, 0.15) is 11.1 Å². The summed E-state index contributed by atoms with van der Waals surface area (Å²) >= 11 is 3.50. The van der Waals surface area contributed by atoms with Crippen LogP contribution in [0, 0.1) is 6.92 Å². The van der Waals surface area contributed by atoms with Crippen LogP contribution in [-0.2, 0) is 4.74 Å². The molecule has 1 amide bonds. The van der Waals surface area contributed by atoms with Gasteiger partial charge in [-0.05, 0) is 52.7 Å². The van der Waals surface area contributed by atoms with Crippen LogP contribution in [0.5, 0.6) is 0 Å². The summed E-state index contributed by atoms with van der Waals surface area (Å²) in [6, 6.07) is 13.4. The van der Waals surface area contributed by atoms with E-state index in [1.54, 1.807) is 0 Å². The summed E-state index contributed by atoms with van der Waals surface area (Å²) in [4.78, 5) is 24.3. The number of nitrogens with one attached hydrogen (secondary N) is 1. The number of amides is 1. The number of morpholine rings is 1. The molecule has 1 fully saturated rings.